The SMILES string of the molecule is CC(C)c1ccc(C2c3[nH]c4ccccc4c3C[C@H]3C(=O)N(CCCN(C)C)CC(=O)N23)cc1. The first kappa shape index (κ1) is 22.7. The Morgan fingerprint density at radius 3 is 2.50 bits per heavy atom. The quantitative estimate of drug-likeness (QED) is 0.609. The average molecular weight is 459 g/mol. The van der Waals surface area contributed by atoms with E-state index in [4.69, 9.17) is 0 Å². The van der Waals surface area contributed by atoms with Crippen molar-refractivity contribution in [3.63, 3.8) is 0 Å². The second-order valence-electron chi connectivity index (χ2n) is 10.2. The van der Waals surface area contributed by atoms with E-state index in [0.29, 0.717) is 18.9 Å². The largest absolute Gasteiger partial charge is 0.356 e. The molecular formula is C28H34N4O2. The number of carbonyl (C=O) groups excluding carboxylic acids is 2. The number of piperazine rings is 1. The maximum Gasteiger partial charge on any atom is 0.246 e. The summed E-state index contributed by atoms with van der Waals surface area (Å²) in [5, 5.41) is 1.14. The summed E-state index contributed by atoms with van der Waals surface area (Å²) in [4.78, 5) is 36.6. The van der Waals surface area contributed by atoms with Gasteiger partial charge in [-0.25, -0.2) is 0 Å². The number of nitrogens with zero attached hydrogens (tertiary/aromatic N) is 3. The van der Waals surface area contributed by atoms with E-state index in [9.17, 15) is 9.59 Å². The average Bonchev–Trinajstić information content (AvgIpc) is 3.19. The van der Waals surface area contributed by atoms with E-state index < -0.39 is 6.04 Å². The normalized spacial score (nSPS) is 20.4. The Bertz CT molecular complexity index is 1210. The van der Waals surface area contributed by atoms with Crippen LogP contribution in [-0.4, -0.2) is 71.3 Å². The van der Waals surface area contributed by atoms with Gasteiger partial charge in [0.1, 0.15) is 6.04 Å². The Labute approximate surface area is 201 Å². The van der Waals surface area contributed by atoms with E-state index in [0.717, 1.165) is 40.7 Å². The molecule has 2 atom stereocenters. The second-order valence-corrected chi connectivity index (χ2v) is 10.2. The second kappa shape index (κ2) is 8.91. The fraction of sp³-hybridized carbons (Fsp3) is 0.429. The van der Waals surface area contributed by atoms with E-state index in [1.165, 1.54) is 5.56 Å². The number of rotatable bonds is 6. The van der Waals surface area contributed by atoms with Gasteiger partial charge >= 0.3 is 0 Å². The molecule has 0 bridgehead atoms. The molecule has 2 aliphatic rings. The van der Waals surface area contributed by atoms with Crippen LogP contribution in [0.25, 0.3) is 10.9 Å². The zero-order valence-corrected chi connectivity index (χ0v) is 20.5. The van der Waals surface area contributed by atoms with Crippen molar-refractivity contribution in [2.75, 3.05) is 33.7 Å². The third-order valence-electron chi connectivity index (χ3n) is 7.29. The molecule has 2 aliphatic heterocycles. The van der Waals surface area contributed by atoms with Crippen molar-refractivity contribution < 1.29 is 9.59 Å². The number of para-hydroxylation sites is 1. The van der Waals surface area contributed by atoms with Crippen molar-refractivity contribution in [1.82, 2.24) is 19.7 Å². The first-order chi connectivity index (χ1) is 16.3. The topological polar surface area (TPSA) is 59.7 Å². The Morgan fingerprint density at radius 1 is 1.06 bits per heavy atom. The fourth-order valence-corrected chi connectivity index (χ4v) is 5.50. The van der Waals surface area contributed by atoms with Crippen LogP contribution in [0.1, 0.15) is 54.6 Å². The lowest BCUT2D eigenvalue weighted by molar-refractivity contribution is -0.158. The van der Waals surface area contributed by atoms with Crippen molar-refractivity contribution in [1.29, 1.82) is 0 Å². The number of nitrogens with one attached hydrogen (secondary N) is 1. The molecule has 0 spiro atoms. The summed E-state index contributed by atoms with van der Waals surface area (Å²) in [6.45, 7) is 6.02. The van der Waals surface area contributed by atoms with Crippen LogP contribution in [0.2, 0.25) is 0 Å². The molecule has 5 rings (SSSR count). The number of benzene rings is 2. The van der Waals surface area contributed by atoms with Gasteiger partial charge in [-0.3, -0.25) is 9.59 Å². The number of amides is 2. The molecule has 2 aromatic carbocycles. The predicted molar refractivity (Wildman–Crippen MR) is 135 cm³/mol. The molecule has 1 aromatic heterocycles. The highest BCUT2D eigenvalue weighted by Crippen LogP contribution is 2.42. The number of hydrogen-bond donors (Lipinski definition) is 1. The highest BCUT2D eigenvalue weighted by Gasteiger charge is 2.48. The summed E-state index contributed by atoms with van der Waals surface area (Å²) in [6.07, 6.45) is 1.41. The number of fused-ring (bicyclic) bond motifs is 4. The molecule has 1 unspecified atom stereocenters. The summed E-state index contributed by atoms with van der Waals surface area (Å²) in [7, 11) is 4.06. The summed E-state index contributed by atoms with van der Waals surface area (Å²) in [5.41, 5.74) is 5.56. The van der Waals surface area contributed by atoms with Crippen molar-refractivity contribution in [2.45, 2.75) is 44.7 Å². The monoisotopic (exact) mass is 458 g/mol. The van der Waals surface area contributed by atoms with Gasteiger partial charge in [0.15, 0.2) is 0 Å². The minimum Gasteiger partial charge on any atom is -0.356 e. The Kier molecular flexibility index (Phi) is 5.94. The van der Waals surface area contributed by atoms with Gasteiger partial charge in [0.05, 0.1) is 12.6 Å². The Morgan fingerprint density at radius 2 is 1.79 bits per heavy atom. The molecule has 0 radical (unpaired) electrons. The molecule has 2 amide bonds. The van der Waals surface area contributed by atoms with Crippen molar-refractivity contribution in [3.05, 3.63) is 70.9 Å². The van der Waals surface area contributed by atoms with Crippen LogP contribution in [0.3, 0.4) is 0 Å². The van der Waals surface area contributed by atoms with Gasteiger partial charge in [-0.2, -0.15) is 0 Å². The van der Waals surface area contributed by atoms with Gasteiger partial charge in [-0.1, -0.05) is 56.3 Å². The Hall–Kier alpha value is -3.12. The smallest absolute Gasteiger partial charge is 0.246 e. The third-order valence-corrected chi connectivity index (χ3v) is 7.29. The Balaban J connectivity index is 1.57. The first-order valence-corrected chi connectivity index (χ1v) is 12.3. The van der Waals surface area contributed by atoms with Crippen LogP contribution in [0.4, 0.5) is 0 Å². The molecule has 34 heavy (non-hydrogen) atoms. The first-order valence-electron chi connectivity index (χ1n) is 12.3. The summed E-state index contributed by atoms with van der Waals surface area (Å²) in [5.74, 6) is 0.528. The van der Waals surface area contributed by atoms with Gasteiger partial charge in [-0.05, 0) is 55.7 Å². The van der Waals surface area contributed by atoms with Crippen LogP contribution >= 0.6 is 0 Å². The molecule has 0 saturated carbocycles. The lowest BCUT2D eigenvalue weighted by Gasteiger charge is -2.47. The summed E-state index contributed by atoms with van der Waals surface area (Å²) in [6, 6.07) is 16.0. The minimum atomic E-state index is -0.470. The molecule has 6 nitrogen and oxygen atoms in total. The van der Waals surface area contributed by atoms with Gasteiger partial charge < -0.3 is 19.7 Å². The van der Waals surface area contributed by atoms with Crippen LogP contribution < -0.4 is 0 Å². The van der Waals surface area contributed by atoms with Crippen LogP contribution in [0.5, 0.6) is 0 Å². The van der Waals surface area contributed by atoms with Crippen LogP contribution in [0, 0.1) is 0 Å². The van der Waals surface area contributed by atoms with E-state index in [1.807, 2.05) is 31.1 Å². The number of aromatic nitrogens is 1. The molecule has 0 aliphatic carbocycles. The van der Waals surface area contributed by atoms with E-state index in [1.54, 1.807) is 4.90 Å². The molecule has 1 N–H and O–H groups in total. The maximum absolute atomic E-state index is 13.7. The van der Waals surface area contributed by atoms with Crippen molar-refractivity contribution in [2.24, 2.45) is 0 Å². The van der Waals surface area contributed by atoms with Crippen molar-refractivity contribution in [3.8, 4) is 0 Å². The molecular weight excluding hydrogens is 424 g/mol. The van der Waals surface area contributed by atoms with Crippen molar-refractivity contribution >= 4 is 22.7 Å². The molecule has 3 aromatic rings. The van der Waals surface area contributed by atoms with E-state index in [-0.39, 0.29) is 24.4 Å². The highest BCUT2D eigenvalue weighted by molar-refractivity contribution is 5.97. The van der Waals surface area contributed by atoms with E-state index in [2.05, 4.69) is 60.1 Å². The summed E-state index contributed by atoms with van der Waals surface area (Å²) < 4.78 is 0. The van der Waals surface area contributed by atoms with Gasteiger partial charge in [0.25, 0.3) is 0 Å². The number of aromatic amines is 1. The maximum atomic E-state index is 13.7. The lowest BCUT2D eigenvalue weighted by atomic mass is 9.85. The molecule has 1 fully saturated rings. The molecule has 1 saturated heterocycles. The third kappa shape index (κ3) is 3.90. The van der Waals surface area contributed by atoms with E-state index >= 15 is 0 Å². The van der Waals surface area contributed by atoms with Gasteiger partial charge in [0.2, 0.25) is 11.8 Å². The highest BCUT2D eigenvalue weighted by atomic mass is 16.2. The van der Waals surface area contributed by atoms with Gasteiger partial charge in [0, 0.05) is 29.6 Å². The standard InChI is InChI=1S/C28H34N4O2/c1-18(2)19-10-12-20(13-11-19)27-26-22(21-8-5-6-9-23(21)29-26)16-24-28(34)31(15-7-14-30(3)4)17-25(33)32(24)27/h5-6,8-13,18,24,27,29H,7,14-17H2,1-4H3/t24-,27?/m0/s1. The molecule has 3 heterocycles. The van der Waals surface area contributed by atoms with Crippen LogP contribution in [-0.2, 0) is 16.0 Å². The number of hydrogen-bond acceptors (Lipinski definition) is 3. The predicted octanol–water partition coefficient (Wildman–Crippen LogP) is 3.93. The zero-order valence-electron chi connectivity index (χ0n) is 20.5. The molecule has 178 valence electrons. The minimum absolute atomic E-state index is 0.0247. The zero-order chi connectivity index (χ0) is 24.0. The number of carbonyl (C=O) groups is 2. The van der Waals surface area contributed by atoms with Gasteiger partial charge in [-0.15, -0.1) is 0 Å². The molecule has 6 heteroatoms. The number of H-pyrrole nitrogens is 1. The lowest BCUT2D eigenvalue weighted by Crippen LogP contribution is -2.63. The summed E-state index contributed by atoms with van der Waals surface area (Å²) >= 11 is 0. The fourth-order valence-electron chi connectivity index (χ4n) is 5.50. The van der Waals surface area contributed by atoms with Crippen LogP contribution in [0.15, 0.2) is 48.5 Å².